The van der Waals surface area contributed by atoms with E-state index in [1.54, 1.807) is 17.8 Å². The van der Waals surface area contributed by atoms with E-state index in [-0.39, 0.29) is 23.7 Å². The van der Waals surface area contributed by atoms with Gasteiger partial charge in [0, 0.05) is 6.42 Å². The highest BCUT2D eigenvalue weighted by Crippen LogP contribution is 2.22. The Kier molecular flexibility index (Phi) is 9.16. The van der Waals surface area contributed by atoms with E-state index >= 15 is 0 Å². The third-order valence-electron chi connectivity index (χ3n) is 5.93. The van der Waals surface area contributed by atoms with Crippen LogP contribution < -0.4 is 0 Å². The van der Waals surface area contributed by atoms with Crippen molar-refractivity contribution in [1.82, 2.24) is 19.1 Å². The summed E-state index contributed by atoms with van der Waals surface area (Å²) >= 11 is 0. The molecule has 1 unspecified atom stereocenters. The van der Waals surface area contributed by atoms with Crippen LogP contribution in [0.2, 0.25) is 0 Å². The zero-order valence-corrected chi connectivity index (χ0v) is 21.0. The lowest BCUT2D eigenvalue weighted by atomic mass is 10.1. The summed E-state index contributed by atoms with van der Waals surface area (Å²) in [5, 5.41) is 9.21. The molecular formula is C28H32N4O4. The van der Waals surface area contributed by atoms with E-state index in [9.17, 15) is 14.7 Å². The lowest BCUT2D eigenvalue weighted by Gasteiger charge is -2.18. The van der Waals surface area contributed by atoms with Gasteiger partial charge in [-0.3, -0.25) is 0 Å². The smallest absolute Gasteiger partial charge is 0.356 e. The molecule has 4 rings (SSSR count). The maximum absolute atomic E-state index is 11.8. The van der Waals surface area contributed by atoms with Gasteiger partial charge in [-0.1, -0.05) is 67.6 Å². The number of carbonyl (C=O) groups is 2. The normalized spacial score (nSPS) is 12.2. The molecule has 2 heterocycles. The number of carboxylic acids is 1. The van der Waals surface area contributed by atoms with Crippen LogP contribution in [0.3, 0.4) is 0 Å². The highest BCUT2D eigenvalue weighted by molar-refractivity contribution is 5.87. The van der Waals surface area contributed by atoms with Crippen molar-refractivity contribution < 1.29 is 19.4 Å². The summed E-state index contributed by atoms with van der Waals surface area (Å²) in [5.41, 5.74) is 2.92. The molecule has 36 heavy (non-hydrogen) atoms. The summed E-state index contributed by atoms with van der Waals surface area (Å²) in [6.45, 7) is 8.15. The van der Waals surface area contributed by atoms with Crippen molar-refractivity contribution in [3.8, 4) is 0 Å². The van der Waals surface area contributed by atoms with Crippen LogP contribution in [-0.2, 0) is 11.2 Å². The lowest BCUT2D eigenvalue weighted by molar-refractivity contribution is 0.0512. The molecule has 0 bridgehead atoms. The number of esters is 1. The highest BCUT2D eigenvalue weighted by Gasteiger charge is 2.20. The number of aromatic carboxylic acids is 1. The van der Waals surface area contributed by atoms with Crippen molar-refractivity contribution in [3.63, 3.8) is 0 Å². The summed E-state index contributed by atoms with van der Waals surface area (Å²) in [4.78, 5) is 31.2. The first kappa shape index (κ1) is 26.4. The third-order valence-corrected chi connectivity index (χ3v) is 5.93. The van der Waals surface area contributed by atoms with Crippen LogP contribution >= 0.6 is 0 Å². The molecule has 2 aromatic heterocycles. The Labute approximate surface area is 211 Å². The zero-order valence-electron chi connectivity index (χ0n) is 21.0. The third kappa shape index (κ3) is 6.07. The first-order valence-electron chi connectivity index (χ1n) is 12.0. The number of carboxylic acid groups (broad SMARTS) is 1. The predicted octanol–water partition coefficient (Wildman–Crippen LogP) is 5.42. The molecule has 0 aliphatic rings. The average Bonchev–Trinajstić information content (AvgIpc) is 3.57. The molecule has 2 aromatic carbocycles. The summed E-state index contributed by atoms with van der Waals surface area (Å²) in [6, 6.07) is 19.8. The van der Waals surface area contributed by atoms with Crippen molar-refractivity contribution >= 4 is 11.9 Å². The number of carbonyl (C=O) groups excluding carboxylic acids is 1. The Morgan fingerprint density at radius 2 is 1.47 bits per heavy atom. The molecule has 0 saturated carbocycles. The first-order chi connectivity index (χ1) is 17.4. The Balaban J connectivity index is 0.000000201. The van der Waals surface area contributed by atoms with Gasteiger partial charge < -0.3 is 19.0 Å². The van der Waals surface area contributed by atoms with Crippen LogP contribution in [0.15, 0.2) is 79.4 Å². The van der Waals surface area contributed by atoms with E-state index in [4.69, 9.17) is 4.74 Å². The highest BCUT2D eigenvalue weighted by atomic mass is 16.5. The van der Waals surface area contributed by atoms with Crippen LogP contribution in [0, 0.1) is 0 Å². The zero-order chi connectivity index (χ0) is 26.1. The van der Waals surface area contributed by atoms with Crippen LogP contribution in [0.4, 0.5) is 0 Å². The summed E-state index contributed by atoms with van der Waals surface area (Å²) in [5.74, 6) is -0.480. The molecular weight excluding hydrogens is 456 g/mol. The van der Waals surface area contributed by atoms with Crippen molar-refractivity contribution in [2.24, 2.45) is 0 Å². The fraction of sp³-hybridized carbons (Fsp3) is 0.286. The molecule has 8 heteroatoms. The molecule has 0 spiro atoms. The number of imidazole rings is 2. The number of ether oxygens (including phenoxy) is 1. The van der Waals surface area contributed by atoms with Gasteiger partial charge in [0.05, 0.1) is 37.4 Å². The number of nitrogens with zero attached hydrogens (tertiary/aromatic N) is 4. The fourth-order valence-corrected chi connectivity index (χ4v) is 4.00. The topological polar surface area (TPSA) is 99.2 Å². The maximum Gasteiger partial charge on any atom is 0.356 e. The van der Waals surface area contributed by atoms with Crippen molar-refractivity contribution in [2.75, 3.05) is 6.61 Å². The van der Waals surface area contributed by atoms with Gasteiger partial charge in [-0.25, -0.2) is 19.6 Å². The molecule has 0 saturated heterocycles. The number of aromatic nitrogens is 4. The fourth-order valence-electron chi connectivity index (χ4n) is 4.00. The van der Waals surface area contributed by atoms with Gasteiger partial charge in [-0.2, -0.15) is 0 Å². The summed E-state index contributed by atoms with van der Waals surface area (Å²) in [6.07, 6.45) is 5.34. The molecule has 0 aliphatic heterocycles. The van der Waals surface area contributed by atoms with Gasteiger partial charge in [-0.05, 0) is 31.9 Å². The Morgan fingerprint density at radius 1 is 0.889 bits per heavy atom. The Morgan fingerprint density at radius 3 is 2.00 bits per heavy atom. The van der Waals surface area contributed by atoms with Crippen LogP contribution in [0.25, 0.3) is 0 Å². The van der Waals surface area contributed by atoms with Crippen LogP contribution in [-0.4, -0.2) is 42.8 Å². The molecule has 188 valence electrons. The van der Waals surface area contributed by atoms with Crippen LogP contribution in [0.5, 0.6) is 0 Å². The number of hydrogen-bond donors (Lipinski definition) is 1. The van der Waals surface area contributed by atoms with Crippen molar-refractivity contribution in [3.05, 3.63) is 108 Å². The monoisotopic (exact) mass is 488 g/mol. The largest absolute Gasteiger partial charge is 0.477 e. The summed E-state index contributed by atoms with van der Waals surface area (Å²) in [7, 11) is 0. The second-order valence-electron chi connectivity index (χ2n) is 8.17. The van der Waals surface area contributed by atoms with E-state index in [1.807, 2.05) is 86.0 Å². The lowest BCUT2D eigenvalue weighted by Crippen LogP contribution is -2.16. The molecule has 4 aromatic rings. The molecule has 8 nitrogen and oxygen atoms in total. The van der Waals surface area contributed by atoms with Gasteiger partial charge in [0.25, 0.3) is 0 Å². The minimum Gasteiger partial charge on any atom is -0.477 e. The predicted molar refractivity (Wildman–Crippen MR) is 137 cm³/mol. The van der Waals surface area contributed by atoms with Gasteiger partial charge in [-0.15, -0.1) is 0 Å². The second kappa shape index (κ2) is 12.5. The number of hydrogen-bond acceptors (Lipinski definition) is 5. The van der Waals surface area contributed by atoms with E-state index in [2.05, 4.69) is 9.97 Å². The maximum atomic E-state index is 11.8. The molecule has 0 amide bonds. The minimum absolute atomic E-state index is 0.0326. The molecule has 0 aliphatic carbocycles. The quantitative estimate of drug-likeness (QED) is 0.332. The SMILES string of the molecule is CCOC(=O)c1cncn1C(C)c1ccccc1.CCc1ncc(C(=O)O)n1[C@H](C)c1ccccc1. The van der Waals surface area contributed by atoms with Gasteiger partial charge in [0.2, 0.25) is 0 Å². The Hall–Kier alpha value is -4.20. The molecule has 0 fully saturated rings. The average molecular weight is 489 g/mol. The van der Waals surface area contributed by atoms with Crippen molar-refractivity contribution in [2.45, 2.75) is 46.2 Å². The number of aryl methyl sites for hydroxylation is 1. The van der Waals surface area contributed by atoms with E-state index in [1.165, 1.54) is 12.4 Å². The molecule has 0 radical (unpaired) electrons. The number of benzene rings is 2. The molecule has 2 atom stereocenters. The molecule has 1 N–H and O–H groups in total. The Bertz CT molecular complexity index is 1270. The van der Waals surface area contributed by atoms with E-state index in [0.717, 1.165) is 17.0 Å². The van der Waals surface area contributed by atoms with Crippen LogP contribution in [0.1, 0.15) is 77.7 Å². The first-order valence-corrected chi connectivity index (χ1v) is 12.0. The van der Waals surface area contributed by atoms with Gasteiger partial charge in [0.1, 0.15) is 17.2 Å². The van der Waals surface area contributed by atoms with Gasteiger partial charge >= 0.3 is 11.9 Å². The van der Waals surface area contributed by atoms with Gasteiger partial charge in [0.15, 0.2) is 0 Å². The summed E-state index contributed by atoms with van der Waals surface area (Å²) < 4.78 is 8.63. The number of rotatable bonds is 8. The standard InChI is InChI=1S/2C14H16N2O2/c1-3-18-14(17)13-9-15-10-16(13)11(2)12-7-5-4-6-8-12;1-3-13-15-9-12(14(17)18)16(13)10(2)11-7-5-4-6-8-11/h4-11H,3H2,1-2H3;4-10H,3H2,1-2H3,(H,17,18)/t;10-/m.1/s1. The second-order valence-corrected chi connectivity index (χ2v) is 8.17. The van der Waals surface area contributed by atoms with E-state index in [0.29, 0.717) is 18.7 Å². The minimum atomic E-state index is -0.940. The van der Waals surface area contributed by atoms with E-state index < -0.39 is 5.97 Å². The van der Waals surface area contributed by atoms with Crippen molar-refractivity contribution in [1.29, 1.82) is 0 Å².